The highest BCUT2D eigenvalue weighted by atomic mass is 16.3. The molecule has 0 saturated carbocycles. The van der Waals surface area contributed by atoms with E-state index in [0.29, 0.717) is 0 Å². The Morgan fingerprint density at radius 3 is 1.73 bits per heavy atom. The van der Waals surface area contributed by atoms with Crippen LogP contribution in [-0.4, -0.2) is 40.1 Å². The summed E-state index contributed by atoms with van der Waals surface area (Å²) in [6.45, 7) is 4.77. The van der Waals surface area contributed by atoms with E-state index in [0.717, 1.165) is 45.6 Å². The molecule has 0 aromatic heterocycles. The van der Waals surface area contributed by atoms with Crippen molar-refractivity contribution in [2.24, 2.45) is 0 Å². The fourth-order valence-corrected chi connectivity index (χ4v) is 4.67. The second-order valence-electron chi connectivity index (χ2n) is 8.51. The lowest BCUT2D eigenvalue weighted by molar-refractivity contribution is -0.0395. The molecule has 1 aliphatic rings. The molecule has 1 aliphatic heterocycles. The summed E-state index contributed by atoms with van der Waals surface area (Å²) in [4.78, 5) is 5.02. The van der Waals surface area contributed by atoms with Crippen molar-refractivity contribution >= 4 is 0 Å². The first-order valence-electron chi connectivity index (χ1n) is 11.0. The van der Waals surface area contributed by atoms with Gasteiger partial charge in [0.25, 0.3) is 0 Å². The Kier molecular flexibility index (Phi) is 6.96. The maximum atomic E-state index is 10.7. The third kappa shape index (κ3) is 5.17. The Bertz CT molecular complexity index is 843. The van der Waals surface area contributed by atoms with Gasteiger partial charge in [0.2, 0.25) is 0 Å². The van der Waals surface area contributed by atoms with Gasteiger partial charge in [0, 0.05) is 26.2 Å². The summed E-state index contributed by atoms with van der Waals surface area (Å²) in [6.07, 6.45) is 2.13. The first kappa shape index (κ1) is 20.8. The molecule has 4 rings (SSSR count). The number of nitrogens with zero attached hydrogens (tertiary/aromatic N) is 2. The van der Waals surface area contributed by atoms with Gasteiger partial charge in [-0.05, 0) is 36.1 Å². The van der Waals surface area contributed by atoms with E-state index in [1.165, 1.54) is 16.7 Å². The minimum atomic E-state index is -0.237. The fraction of sp³-hybridized carbons (Fsp3) is 0.333. The van der Waals surface area contributed by atoms with E-state index < -0.39 is 0 Å². The van der Waals surface area contributed by atoms with E-state index in [-0.39, 0.29) is 12.1 Å². The summed E-state index contributed by atoms with van der Waals surface area (Å²) in [6, 6.07) is 32.0. The van der Waals surface area contributed by atoms with Gasteiger partial charge in [0.05, 0.1) is 12.1 Å². The molecule has 156 valence electrons. The Morgan fingerprint density at radius 2 is 1.23 bits per heavy atom. The zero-order chi connectivity index (χ0) is 20.7. The molecule has 3 nitrogen and oxygen atoms in total. The smallest absolute Gasteiger partial charge is 0.0628 e. The van der Waals surface area contributed by atoms with Gasteiger partial charge in [-0.25, -0.2) is 0 Å². The first-order valence-corrected chi connectivity index (χ1v) is 11.0. The van der Waals surface area contributed by atoms with Gasteiger partial charge in [-0.3, -0.25) is 9.80 Å². The van der Waals surface area contributed by atoms with Crippen molar-refractivity contribution in [2.75, 3.05) is 19.7 Å². The van der Waals surface area contributed by atoms with Crippen LogP contribution in [0.3, 0.4) is 0 Å². The van der Waals surface area contributed by atoms with E-state index in [1.54, 1.807) is 0 Å². The lowest BCUT2D eigenvalue weighted by Crippen LogP contribution is -2.60. The molecule has 0 spiro atoms. The molecule has 1 unspecified atom stereocenters. The lowest BCUT2D eigenvalue weighted by atomic mass is 9.86. The van der Waals surface area contributed by atoms with Crippen molar-refractivity contribution in [3.8, 4) is 0 Å². The molecule has 1 atom stereocenters. The van der Waals surface area contributed by atoms with Crippen LogP contribution in [0, 0.1) is 0 Å². The number of benzene rings is 3. The zero-order valence-electron chi connectivity index (χ0n) is 17.7. The van der Waals surface area contributed by atoms with Gasteiger partial charge >= 0.3 is 0 Å². The monoisotopic (exact) mass is 400 g/mol. The summed E-state index contributed by atoms with van der Waals surface area (Å²) >= 11 is 0. The zero-order valence-corrected chi connectivity index (χ0v) is 17.7. The topological polar surface area (TPSA) is 26.7 Å². The van der Waals surface area contributed by atoms with E-state index in [1.807, 2.05) is 0 Å². The maximum absolute atomic E-state index is 10.7. The molecule has 1 N–H and O–H groups in total. The average molecular weight is 401 g/mol. The van der Waals surface area contributed by atoms with Crippen LogP contribution in [0.4, 0.5) is 0 Å². The molecule has 3 heteroatoms. The molecule has 1 saturated heterocycles. The van der Waals surface area contributed by atoms with Crippen LogP contribution in [0.1, 0.15) is 29.5 Å². The largest absolute Gasteiger partial charge is 0.394 e. The molecule has 30 heavy (non-hydrogen) atoms. The number of rotatable bonds is 8. The molecule has 3 aromatic rings. The molecule has 1 heterocycles. The number of hydrogen-bond donors (Lipinski definition) is 1. The second-order valence-corrected chi connectivity index (χ2v) is 8.51. The van der Waals surface area contributed by atoms with Gasteiger partial charge in [-0.1, -0.05) is 91.0 Å². The van der Waals surface area contributed by atoms with Crippen molar-refractivity contribution in [2.45, 2.75) is 38.0 Å². The molecular weight excluding hydrogens is 368 g/mol. The summed E-state index contributed by atoms with van der Waals surface area (Å²) in [5, 5.41) is 10.7. The molecule has 0 radical (unpaired) electrons. The molecular formula is C27H32N2O. The van der Waals surface area contributed by atoms with Gasteiger partial charge in [0.1, 0.15) is 0 Å². The van der Waals surface area contributed by atoms with Gasteiger partial charge < -0.3 is 5.11 Å². The molecule has 0 aliphatic carbocycles. The maximum Gasteiger partial charge on any atom is 0.0628 e. The summed E-state index contributed by atoms with van der Waals surface area (Å²) < 4.78 is 0. The van der Waals surface area contributed by atoms with Crippen LogP contribution < -0.4 is 0 Å². The fourth-order valence-electron chi connectivity index (χ4n) is 4.67. The quantitative estimate of drug-likeness (QED) is 0.593. The van der Waals surface area contributed by atoms with Gasteiger partial charge in [0.15, 0.2) is 0 Å². The minimum absolute atomic E-state index is 0.179. The number of aliphatic hydroxyl groups is 1. The summed E-state index contributed by atoms with van der Waals surface area (Å²) in [5.74, 6) is 0. The lowest BCUT2D eigenvalue weighted by Gasteiger charge is -2.49. The predicted octanol–water partition coefficient (Wildman–Crippen LogP) is 4.72. The average Bonchev–Trinajstić information content (AvgIpc) is 2.81. The van der Waals surface area contributed by atoms with Crippen molar-refractivity contribution in [1.29, 1.82) is 0 Å². The van der Waals surface area contributed by atoms with Crippen LogP contribution in [0.2, 0.25) is 0 Å². The SMILES string of the molecule is OCC1(N(Cc2ccccc2)Cc2ccccc2)CCCN(Cc2ccccc2)C1. The Morgan fingerprint density at radius 1 is 0.733 bits per heavy atom. The number of aliphatic hydroxyl groups excluding tert-OH is 1. The Labute approximate surface area is 180 Å². The van der Waals surface area contributed by atoms with Gasteiger partial charge in [-0.15, -0.1) is 0 Å². The summed E-state index contributed by atoms with van der Waals surface area (Å²) in [7, 11) is 0. The van der Waals surface area contributed by atoms with E-state index >= 15 is 0 Å². The Hall–Kier alpha value is -2.46. The molecule has 1 fully saturated rings. The van der Waals surface area contributed by atoms with E-state index in [4.69, 9.17) is 0 Å². The van der Waals surface area contributed by atoms with Crippen LogP contribution in [-0.2, 0) is 19.6 Å². The predicted molar refractivity (Wildman–Crippen MR) is 123 cm³/mol. The third-order valence-electron chi connectivity index (χ3n) is 6.28. The van der Waals surface area contributed by atoms with Crippen LogP contribution >= 0.6 is 0 Å². The Balaban J connectivity index is 1.58. The van der Waals surface area contributed by atoms with Crippen molar-refractivity contribution in [3.63, 3.8) is 0 Å². The number of hydrogen-bond acceptors (Lipinski definition) is 3. The van der Waals surface area contributed by atoms with Crippen molar-refractivity contribution in [1.82, 2.24) is 9.80 Å². The normalized spacial score (nSPS) is 19.8. The minimum Gasteiger partial charge on any atom is -0.394 e. The third-order valence-corrected chi connectivity index (χ3v) is 6.28. The van der Waals surface area contributed by atoms with Crippen LogP contribution in [0.15, 0.2) is 91.0 Å². The number of likely N-dealkylation sites (tertiary alicyclic amines) is 1. The highest BCUT2D eigenvalue weighted by Crippen LogP contribution is 2.31. The van der Waals surface area contributed by atoms with Crippen molar-refractivity contribution < 1.29 is 5.11 Å². The highest BCUT2D eigenvalue weighted by molar-refractivity contribution is 5.19. The van der Waals surface area contributed by atoms with Crippen molar-refractivity contribution in [3.05, 3.63) is 108 Å². The summed E-state index contributed by atoms with van der Waals surface area (Å²) in [5.41, 5.74) is 3.69. The molecule has 3 aromatic carbocycles. The standard InChI is InChI=1S/C27H32N2O/c30-23-27(17-10-18-28(22-27)19-24-11-4-1-5-12-24)29(20-25-13-6-2-7-14-25)21-26-15-8-3-9-16-26/h1-9,11-16,30H,10,17-23H2. The molecule has 0 amide bonds. The van der Waals surface area contributed by atoms with E-state index in [9.17, 15) is 5.11 Å². The van der Waals surface area contributed by atoms with Gasteiger partial charge in [-0.2, -0.15) is 0 Å². The van der Waals surface area contributed by atoms with Crippen LogP contribution in [0.25, 0.3) is 0 Å². The van der Waals surface area contributed by atoms with E-state index in [2.05, 4.69) is 101 Å². The number of piperidine rings is 1. The first-order chi connectivity index (χ1) is 14.8. The van der Waals surface area contributed by atoms with Crippen LogP contribution in [0.5, 0.6) is 0 Å². The second kappa shape index (κ2) is 10.0. The molecule has 0 bridgehead atoms. The highest BCUT2D eigenvalue weighted by Gasteiger charge is 2.40.